The molecule has 0 radical (unpaired) electrons. The molecule has 2 aromatic carbocycles. The molecular formula is C18H20N2O6. The van der Waals surface area contributed by atoms with Crippen molar-refractivity contribution in [2.24, 2.45) is 0 Å². The average molecular weight is 360 g/mol. The van der Waals surface area contributed by atoms with E-state index in [2.05, 4.69) is 10.6 Å². The van der Waals surface area contributed by atoms with E-state index in [9.17, 15) is 9.59 Å². The molecule has 8 heteroatoms. The molecule has 8 nitrogen and oxygen atoms in total. The third kappa shape index (κ3) is 4.35. The SMILES string of the molecule is COc1ccc(NC(=O)C(=O)Nc2ccc(OC)c(OC)c2)c(OC)c1. The van der Waals surface area contributed by atoms with Gasteiger partial charge in [-0.25, -0.2) is 0 Å². The third-order valence-electron chi connectivity index (χ3n) is 3.50. The standard InChI is InChI=1S/C18H20N2O6/c1-23-12-6-7-13(15(10-12)25-3)20-18(22)17(21)19-11-5-8-14(24-2)16(9-11)26-4/h5-10H,1-4H3,(H,19,21)(H,20,22). The van der Waals surface area contributed by atoms with E-state index in [1.807, 2.05) is 0 Å². The predicted octanol–water partition coefficient (Wildman–Crippen LogP) is 2.30. The zero-order chi connectivity index (χ0) is 19.1. The molecular weight excluding hydrogens is 340 g/mol. The highest BCUT2D eigenvalue weighted by molar-refractivity contribution is 6.43. The van der Waals surface area contributed by atoms with Crippen molar-refractivity contribution in [3.63, 3.8) is 0 Å². The largest absolute Gasteiger partial charge is 0.497 e. The first-order valence-electron chi connectivity index (χ1n) is 7.58. The van der Waals surface area contributed by atoms with Crippen molar-refractivity contribution in [2.45, 2.75) is 0 Å². The predicted molar refractivity (Wildman–Crippen MR) is 96.4 cm³/mol. The van der Waals surface area contributed by atoms with E-state index in [-0.39, 0.29) is 0 Å². The number of hydrogen-bond acceptors (Lipinski definition) is 6. The summed E-state index contributed by atoms with van der Waals surface area (Å²) < 4.78 is 20.6. The minimum Gasteiger partial charge on any atom is -0.497 e. The lowest BCUT2D eigenvalue weighted by atomic mass is 10.2. The lowest BCUT2D eigenvalue weighted by Gasteiger charge is -2.12. The number of carbonyl (C=O) groups is 2. The first-order valence-corrected chi connectivity index (χ1v) is 7.58. The van der Waals surface area contributed by atoms with Crippen LogP contribution in [0.3, 0.4) is 0 Å². The number of carbonyl (C=O) groups excluding carboxylic acids is 2. The van der Waals surface area contributed by atoms with E-state index in [4.69, 9.17) is 18.9 Å². The number of benzene rings is 2. The van der Waals surface area contributed by atoms with E-state index in [1.165, 1.54) is 28.4 Å². The number of ether oxygens (including phenoxy) is 4. The lowest BCUT2D eigenvalue weighted by Crippen LogP contribution is -2.29. The Morgan fingerprint density at radius 1 is 0.692 bits per heavy atom. The number of anilines is 2. The van der Waals surface area contributed by atoms with Crippen LogP contribution in [0.2, 0.25) is 0 Å². The zero-order valence-electron chi connectivity index (χ0n) is 14.9. The average Bonchev–Trinajstić information content (AvgIpc) is 2.67. The fraction of sp³-hybridized carbons (Fsp3) is 0.222. The molecule has 2 rings (SSSR count). The summed E-state index contributed by atoms with van der Waals surface area (Å²) in [6, 6.07) is 9.60. The van der Waals surface area contributed by atoms with Gasteiger partial charge in [0.1, 0.15) is 11.5 Å². The van der Waals surface area contributed by atoms with E-state index < -0.39 is 11.8 Å². The van der Waals surface area contributed by atoms with Crippen molar-refractivity contribution < 1.29 is 28.5 Å². The van der Waals surface area contributed by atoms with Gasteiger partial charge in [0.15, 0.2) is 11.5 Å². The minimum atomic E-state index is -0.844. The fourth-order valence-corrected chi connectivity index (χ4v) is 2.18. The fourth-order valence-electron chi connectivity index (χ4n) is 2.18. The molecule has 0 aliphatic heterocycles. The van der Waals surface area contributed by atoms with Gasteiger partial charge < -0.3 is 29.6 Å². The molecule has 2 amide bonds. The van der Waals surface area contributed by atoms with Crippen molar-refractivity contribution in [2.75, 3.05) is 39.1 Å². The molecule has 0 bridgehead atoms. The molecule has 0 aliphatic carbocycles. The van der Waals surface area contributed by atoms with Crippen LogP contribution in [0.15, 0.2) is 36.4 Å². The molecule has 0 aliphatic rings. The summed E-state index contributed by atoms with van der Waals surface area (Å²) in [6.07, 6.45) is 0. The van der Waals surface area contributed by atoms with E-state index >= 15 is 0 Å². The molecule has 0 heterocycles. The Hall–Kier alpha value is -3.42. The number of methoxy groups -OCH3 is 4. The van der Waals surface area contributed by atoms with E-state index in [1.54, 1.807) is 36.4 Å². The van der Waals surface area contributed by atoms with Gasteiger partial charge >= 0.3 is 11.8 Å². The Kier molecular flexibility index (Phi) is 6.26. The maximum atomic E-state index is 12.2. The quantitative estimate of drug-likeness (QED) is 0.768. The second-order valence-electron chi connectivity index (χ2n) is 5.04. The molecule has 0 spiro atoms. The Morgan fingerprint density at radius 3 is 1.96 bits per heavy atom. The van der Waals surface area contributed by atoms with Crippen molar-refractivity contribution >= 4 is 23.2 Å². The van der Waals surface area contributed by atoms with Gasteiger partial charge in [-0.1, -0.05) is 0 Å². The number of amides is 2. The molecule has 0 saturated carbocycles. The number of hydrogen-bond donors (Lipinski definition) is 2. The van der Waals surface area contributed by atoms with Crippen molar-refractivity contribution in [1.29, 1.82) is 0 Å². The maximum Gasteiger partial charge on any atom is 0.314 e. The van der Waals surface area contributed by atoms with Crippen LogP contribution >= 0.6 is 0 Å². The molecule has 0 fully saturated rings. The molecule has 26 heavy (non-hydrogen) atoms. The summed E-state index contributed by atoms with van der Waals surface area (Å²) in [6.45, 7) is 0. The molecule has 0 unspecified atom stereocenters. The topological polar surface area (TPSA) is 95.1 Å². The highest BCUT2D eigenvalue weighted by Gasteiger charge is 2.17. The summed E-state index contributed by atoms with van der Waals surface area (Å²) in [5.74, 6) is 0.199. The smallest absolute Gasteiger partial charge is 0.314 e. The van der Waals surface area contributed by atoms with Crippen molar-refractivity contribution in [3.8, 4) is 23.0 Å². The Balaban J connectivity index is 2.10. The highest BCUT2D eigenvalue weighted by atomic mass is 16.5. The van der Waals surface area contributed by atoms with Gasteiger partial charge in [0.25, 0.3) is 0 Å². The van der Waals surface area contributed by atoms with Crippen LogP contribution in [0.5, 0.6) is 23.0 Å². The summed E-state index contributed by atoms with van der Waals surface area (Å²) in [5, 5.41) is 4.99. The normalized spacial score (nSPS) is 9.85. The molecule has 0 saturated heterocycles. The van der Waals surface area contributed by atoms with Crippen LogP contribution < -0.4 is 29.6 Å². The summed E-state index contributed by atoms with van der Waals surface area (Å²) in [4.78, 5) is 24.3. The van der Waals surface area contributed by atoms with Gasteiger partial charge in [-0.05, 0) is 24.3 Å². The minimum absolute atomic E-state index is 0.348. The molecule has 0 atom stereocenters. The van der Waals surface area contributed by atoms with Gasteiger partial charge in [-0.2, -0.15) is 0 Å². The first kappa shape index (κ1) is 18.9. The third-order valence-corrected chi connectivity index (χ3v) is 3.50. The summed E-state index contributed by atoms with van der Waals surface area (Å²) in [5.41, 5.74) is 0.741. The van der Waals surface area contributed by atoms with Crippen LogP contribution in [-0.4, -0.2) is 40.3 Å². The monoisotopic (exact) mass is 360 g/mol. The van der Waals surface area contributed by atoms with Gasteiger partial charge in [0.05, 0.1) is 34.1 Å². The van der Waals surface area contributed by atoms with Crippen LogP contribution in [-0.2, 0) is 9.59 Å². The second kappa shape index (κ2) is 8.61. The van der Waals surface area contributed by atoms with Crippen LogP contribution in [0.4, 0.5) is 11.4 Å². The molecule has 138 valence electrons. The van der Waals surface area contributed by atoms with Gasteiger partial charge in [0.2, 0.25) is 0 Å². The van der Waals surface area contributed by atoms with Gasteiger partial charge in [0, 0.05) is 17.8 Å². The van der Waals surface area contributed by atoms with E-state index in [0.717, 1.165) is 0 Å². The Labute approximate surface area is 151 Å². The van der Waals surface area contributed by atoms with Crippen LogP contribution in [0.25, 0.3) is 0 Å². The lowest BCUT2D eigenvalue weighted by molar-refractivity contribution is -0.133. The zero-order valence-corrected chi connectivity index (χ0v) is 14.9. The molecule has 2 N–H and O–H groups in total. The number of rotatable bonds is 6. The Bertz CT molecular complexity index is 806. The number of nitrogens with one attached hydrogen (secondary N) is 2. The van der Waals surface area contributed by atoms with Crippen LogP contribution in [0, 0.1) is 0 Å². The van der Waals surface area contributed by atoms with E-state index in [0.29, 0.717) is 34.4 Å². The summed E-state index contributed by atoms with van der Waals surface area (Å²) in [7, 11) is 5.95. The maximum absolute atomic E-state index is 12.2. The summed E-state index contributed by atoms with van der Waals surface area (Å²) >= 11 is 0. The second-order valence-corrected chi connectivity index (χ2v) is 5.04. The highest BCUT2D eigenvalue weighted by Crippen LogP contribution is 2.30. The molecule has 0 aromatic heterocycles. The van der Waals surface area contributed by atoms with Crippen molar-refractivity contribution in [3.05, 3.63) is 36.4 Å². The Morgan fingerprint density at radius 2 is 1.35 bits per heavy atom. The molecule has 2 aromatic rings. The van der Waals surface area contributed by atoms with Gasteiger partial charge in [-0.15, -0.1) is 0 Å². The van der Waals surface area contributed by atoms with Crippen molar-refractivity contribution in [1.82, 2.24) is 0 Å². The first-order chi connectivity index (χ1) is 12.5. The van der Waals surface area contributed by atoms with Gasteiger partial charge in [-0.3, -0.25) is 9.59 Å². The van der Waals surface area contributed by atoms with Crippen LogP contribution in [0.1, 0.15) is 0 Å².